The van der Waals surface area contributed by atoms with Crippen molar-refractivity contribution in [3.63, 3.8) is 0 Å². The number of ether oxygens (including phenoxy) is 1. The number of hydrogen-bond acceptors (Lipinski definition) is 7. The highest BCUT2D eigenvalue weighted by Crippen LogP contribution is 2.19. The number of carbonyl (C=O) groups is 1. The Balaban J connectivity index is 2.07. The van der Waals surface area contributed by atoms with Crippen LogP contribution < -0.4 is 5.43 Å². The minimum atomic E-state index is -0.531. The number of hydrogen-bond donors (Lipinski definition) is 1. The first-order valence-corrected chi connectivity index (χ1v) is 6.90. The van der Waals surface area contributed by atoms with Crippen LogP contribution in [-0.2, 0) is 4.74 Å². The third kappa shape index (κ3) is 3.52. The van der Waals surface area contributed by atoms with Crippen LogP contribution in [0.2, 0.25) is 5.02 Å². The lowest BCUT2D eigenvalue weighted by molar-refractivity contribution is 0.0520. The third-order valence-corrected chi connectivity index (χ3v) is 3.21. The van der Waals surface area contributed by atoms with Crippen molar-refractivity contribution in [3.05, 3.63) is 40.5 Å². The molecule has 6 nitrogen and oxygen atoms in total. The molecule has 2 rings (SSSR count). The second-order valence-corrected chi connectivity index (χ2v) is 4.72. The number of esters is 1. The molecule has 0 aliphatic heterocycles. The minimum Gasteiger partial charge on any atom is -0.461 e. The van der Waals surface area contributed by atoms with Gasteiger partial charge in [0, 0.05) is 22.1 Å². The van der Waals surface area contributed by atoms with Gasteiger partial charge in [-0.05, 0) is 13.0 Å². The standard InChI is InChI=1S/C12H11ClN4O2S/c1-2-19-12(18)10-11(20-17-15-10)16-14-7-8-5-3-4-6-9(8)13/h3-7,16H,2H2,1H3/b14-7-. The van der Waals surface area contributed by atoms with Crippen molar-refractivity contribution in [2.24, 2.45) is 5.10 Å². The Bertz CT molecular complexity index is 629. The summed E-state index contributed by atoms with van der Waals surface area (Å²) < 4.78 is 8.56. The topological polar surface area (TPSA) is 76.5 Å². The summed E-state index contributed by atoms with van der Waals surface area (Å²) in [4.78, 5) is 11.6. The predicted octanol–water partition coefficient (Wildman–Crippen LogP) is 2.81. The fourth-order valence-corrected chi connectivity index (χ4v) is 2.03. The van der Waals surface area contributed by atoms with Gasteiger partial charge in [-0.3, -0.25) is 5.43 Å². The number of nitrogens with zero attached hydrogens (tertiary/aromatic N) is 3. The van der Waals surface area contributed by atoms with Gasteiger partial charge in [0.05, 0.1) is 12.8 Å². The monoisotopic (exact) mass is 310 g/mol. The van der Waals surface area contributed by atoms with Gasteiger partial charge in [-0.1, -0.05) is 34.3 Å². The summed E-state index contributed by atoms with van der Waals surface area (Å²) in [6.07, 6.45) is 1.55. The van der Waals surface area contributed by atoms with E-state index in [9.17, 15) is 4.79 Å². The molecule has 0 saturated heterocycles. The Morgan fingerprint density at radius 1 is 1.55 bits per heavy atom. The molecule has 1 N–H and O–H groups in total. The minimum absolute atomic E-state index is 0.119. The molecule has 8 heteroatoms. The van der Waals surface area contributed by atoms with Crippen molar-refractivity contribution in [1.82, 2.24) is 9.59 Å². The average Bonchev–Trinajstić information content (AvgIpc) is 2.90. The second-order valence-electron chi connectivity index (χ2n) is 3.56. The zero-order chi connectivity index (χ0) is 14.4. The molecule has 0 saturated carbocycles. The van der Waals surface area contributed by atoms with E-state index in [1.165, 1.54) is 0 Å². The van der Waals surface area contributed by atoms with Gasteiger partial charge < -0.3 is 4.74 Å². The molecular formula is C12H11ClN4O2S. The van der Waals surface area contributed by atoms with Crippen molar-refractivity contribution >= 4 is 40.3 Å². The Kier molecular flexibility index (Phi) is 5.03. The van der Waals surface area contributed by atoms with Crippen LogP contribution >= 0.6 is 23.1 Å². The summed E-state index contributed by atoms with van der Waals surface area (Å²) in [5.74, 6) is -0.531. The fraction of sp³-hybridized carbons (Fsp3) is 0.167. The maximum Gasteiger partial charge on any atom is 0.362 e. The zero-order valence-electron chi connectivity index (χ0n) is 10.5. The summed E-state index contributed by atoms with van der Waals surface area (Å²) in [6.45, 7) is 2.00. The van der Waals surface area contributed by atoms with Crippen molar-refractivity contribution in [2.75, 3.05) is 12.0 Å². The summed E-state index contributed by atoms with van der Waals surface area (Å²) in [6, 6.07) is 7.27. The van der Waals surface area contributed by atoms with Gasteiger partial charge in [0.1, 0.15) is 0 Å². The molecule has 20 heavy (non-hydrogen) atoms. The van der Waals surface area contributed by atoms with Crippen LogP contribution in [0.15, 0.2) is 29.4 Å². The molecule has 0 fully saturated rings. The van der Waals surface area contributed by atoms with Crippen LogP contribution in [0, 0.1) is 0 Å². The van der Waals surface area contributed by atoms with Crippen LogP contribution in [0.3, 0.4) is 0 Å². The SMILES string of the molecule is CCOC(=O)c1nnsc1N/N=C\c1ccccc1Cl. The summed E-state index contributed by atoms with van der Waals surface area (Å²) >= 11 is 7.02. The number of benzene rings is 1. The van der Waals surface area contributed by atoms with Gasteiger partial charge in [0.15, 0.2) is 5.00 Å². The van der Waals surface area contributed by atoms with Gasteiger partial charge in [-0.15, -0.1) is 5.10 Å². The molecule has 0 spiro atoms. The Hall–Kier alpha value is -1.99. The number of hydrazone groups is 1. The highest BCUT2D eigenvalue weighted by Gasteiger charge is 2.17. The largest absolute Gasteiger partial charge is 0.461 e. The average molecular weight is 311 g/mol. The molecular weight excluding hydrogens is 300 g/mol. The number of anilines is 1. The molecule has 0 aliphatic carbocycles. The first-order valence-electron chi connectivity index (χ1n) is 5.75. The van der Waals surface area contributed by atoms with Gasteiger partial charge in [0.25, 0.3) is 0 Å². The number of nitrogens with one attached hydrogen (secondary N) is 1. The van der Waals surface area contributed by atoms with Crippen molar-refractivity contribution in [1.29, 1.82) is 0 Å². The summed E-state index contributed by atoms with van der Waals surface area (Å²) in [5.41, 5.74) is 3.59. The molecule has 1 aromatic carbocycles. The maximum atomic E-state index is 11.6. The third-order valence-electron chi connectivity index (χ3n) is 2.23. The zero-order valence-corrected chi connectivity index (χ0v) is 12.1. The molecule has 1 aromatic heterocycles. The van der Waals surface area contributed by atoms with Crippen LogP contribution in [0.5, 0.6) is 0 Å². The Labute approximate surface area is 124 Å². The number of rotatable bonds is 5. The van der Waals surface area contributed by atoms with Crippen molar-refractivity contribution in [3.8, 4) is 0 Å². The van der Waals surface area contributed by atoms with E-state index in [0.29, 0.717) is 10.0 Å². The molecule has 0 radical (unpaired) electrons. The predicted molar refractivity (Wildman–Crippen MR) is 78.5 cm³/mol. The molecule has 0 unspecified atom stereocenters. The lowest BCUT2D eigenvalue weighted by atomic mass is 10.2. The van der Waals surface area contributed by atoms with Gasteiger partial charge in [0.2, 0.25) is 5.69 Å². The van der Waals surface area contributed by atoms with Crippen LogP contribution in [-0.4, -0.2) is 28.4 Å². The first kappa shape index (κ1) is 14.4. The highest BCUT2D eigenvalue weighted by atomic mass is 35.5. The van der Waals surface area contributed by atoms with Crippen molar-refractivity contribution < 1.29 is 9.53 Å². The van der Waals surface area contributed by atoms with E-state index in [1.54, 1.807) is 19.2 Å². The maximum absolute atomic E-state index is 11.6. The summed E-state index contributed by atoms with van der Waals surface area (Å²) in [7, 11) is 0. The molecule has 0 bridgehead atoms. The van der Waals surface area contributed by atoms with E-state index in [1.807, 2.05) is 18.2 Å². The fourth-order valence-electron chi connectivity index (χ4n) is 1.34. The lowest BCUT2D eigenvalue weighted by Gasteiger charge is -2.00. The van der Waals surface area contributed by atoms with Crippen LogP contribution in [0.1, 0.15) is 23.0 Å². The highest BCUT2D eigenvalue weighted by molar-refractivity contribution is 7.10. The Morgan fingerprint density at radius 2 is 2.35 bits per heavy atom. The van der Waals surface area contributed by atoms with Crippen LogP contribution in [0.25, 0.3) is 0 Å². The number of aromatic nitrogens is 2. The normalized spacial score (nSPS) is 10.7. The molecule has 1 heterocycles. The molecule has 104 valence electrons. The smallest absolute Gasteiger partial charge is 0.362 e. The van der Waals surface area contributed by atoms with E-state index in [-0.39, 0.29) is 12.3 Å². The van der Waals surface area contributed by atoms with Gasteiger partial charge in [-0.25, -0.2) is 4.79 Å². The summed E-state index contributed by atoms with van der Waals surface area (Å²) in [5, 5.41) is 8.73. The number of halogens is 1. The van der Waals surface area contributed by atoms with Crippen LogP contribution in [0.4, 0.5) is 5.00 Å². The van der Waals surface area contributed by atoms with Crippen molar-refractivity contribution in [2.45, 2.75) is 6.92 Å². The molecule has 0 atom stereocenters. The molecule has 0 aliphatic rings. The number of carbonyl (C=O) groups excluding carboxylic acids is 1. The molecule has 0 amide bonds. The second kappa shape index (κ2) is 6.97. The van der Waals surface area contributed by atoms with E-state index in [4.69, 9.17) is 16.3 Å². The Morgan fingerprint density at radius 3 is 3.10 bits per heavy atom. The first-order chi connectivity index (χ1) is 9.72. The lowest BCUT2D eigenvalue weighted by Crippen LogP contribution is -2.07. The van der Waals surface area contributed by atoms with Gasteiger partial charge >= 0.3 is 5.97 Å². The van der Waals surface area contributed by atoms with E-state index >= 15 is 0 Å². The van der Waals surface area contributed by atoms with E-state index in [0.717, 1.165) is 17.1 Å². The molecule has 2 aromatic rings. The van der Waals surface area contributed by atoms with E-state index in [2.05, 4.69) is 20.1 Å². The van der Waals surface area contributed by atoms with E-state index < -0.39 is 5.97 Å². The van der Waals surface area contributed by atoms with Gasteiger partial charge in [-0.2, -0.15) is 5.10 Å². The quantitative estimate of drug-likeness (QED) is 0.522.